The molecule has 0 radical (unpaired) electrons. The molecule has 3 saturated heterocycles. The molecule has 0 atom stereocenters. The Morgan fingerprint density at radius 2 is 1.88 bits per heavy atom. The average molecular weight is 557 g/mol. The van der Waals surface area contributed by atoms with Crippen molar-refractivity contribution in [3.05, 3.63) is 23.9 Å². The summed E-state index contributed by atoms with van der Waals surface area (Å²) in [6.07, 6.45) is 8.99. The van der Waals surface area contributed by atoms with Crippen molar-refractivity contribution in [2.75, 3.05) is 57.4 Å². The topological polar surface area (TPSA) is 65.0 Å². The fourth-order valence-corrected chi connectivity index (χ4v) is 5.16. The van der Waals surface area contributed by atoms with Crippen molar-refractivity contribution in [2.45, 2.75) is 64.0 Å². The van der Waals surface area contributed by atoms with Gasteiger partial charge in [0.15, 0.2) is 5.96 Å². The highest BCUT2D eigenvalue weighted by atomic mass is 127. The molecule has 0 saturated carbocycles. The quantitative estimate of drug-likeness (QED) is 0.319. The van der Waals surface area contributed by atoms with Gasteiger partial charge in [-0.25, -0.2) is 4.98 Å². The first-order chi connectivity index (χ1) is 15.2. The van der Waals surface area contributed by atoms with Crippen molar-refractivity contribution < 1.29 is 4.74 Å². The van der Waals surface area contributed by atoms with E-state index in [2.05, 4.69) is 51.4 Å². The van der Waals surface area contributed by atoms with Gasteiger partial charge in [0.1, 0.15) is 5.82 Å². The second kappa shape index (κ2) is 12.4. The molecule has 7 nitrogen and oxygen atoms in total. The van der Waals surface area contributed by atoms with Crippen molar-refractivity contribution in [1.82, 2.24) is 20.5 Å². The molecule has 0 spiro atoms. The third kappa shape index (κ3) is 6.47. The zero-order valence-corrected chi connectivity index (χ0v) is 22.1. The first kappa shape index (κ1) is 25.5. The van der Waals surface area contributed by atoms with Crippen LogP contribution in [0.5, 0.6) is 0 Å². The fraction of sp³-hybridized carbons (Fsp3) is 0.750. The number of nitrogens with zero attached hydrogens (tertiary/aromatic N) is 4. The Hall–Kier alpha value is -1.13. The Bertz CT molecular complexity index is 708. The minimum absolute atomic E-state index is 0. The van der Waals surface area contributed by atoms with Gasteiger partial charge >= 0.3 is 0 Å². The summed E-state index contributed by atoms with van der Waals surface area (Å²) in [5, 5.41) is 7.22. The van der Waals surface area contributed by atoms with Gasteiger partial charge in [0.2, 0.25) is 0 Å². The molecule has 2 N–H and O–H groups in total. The van der Waals surface area contributed by atoms with Gasteiger partial charge < -0.3 is 20.3 Å². The summed E-state index contributed by atoms with van der Waals surface area (Å²) in [5.74, 6) is 2.07. The van der Waals surface area contributed by atoms with E-state index < -0.39 is 0 Å². The predicted octanol–water partition coefficient (Wildman–Crippen LogP) is 3.18. The van der Waals surface area contributed by atoms with Gasteiger partial charge in [0, 0.05) is 50.6 Å². The summed E-state index contributed by atoms with van der Waals surface area (Å²) in [4.78, 5) is 14.8. The van der Waals surface area contributed by atoms with Crippen LogP contribution >= 0.6 is 24.0 Å². The number of ether oxygens (including phenoxy) is 1. The molecule has 0 aliphatic carbocycles. The Balaban J connectivity index is 0.00000289. The van der Waals surface area contributed by atoms with Crippen LogP contribution in [-0.4, -0.2) is 79.9 Å². The van der Waals surface area contributed by atoms with Crippen molar-refractivity contribution >= 4 is 35.8 Å². The molecule has 0 bridgehead atoms. The number of nitrogens with one attached hydrogen (secondary N) is 2. The van der Waals surface area contributed by atoms with Gasteiger partial charge in [0.25, 0.3) is 0 Å². The van der Waals surface area contributed by atoms with Crippen LogP contribution in [0.25, 0.3) is 0 Å². The summed E-state index contributed by atoms with van der Waals surface area (Å²) in [7, 11) is 0. The van der Waals surface area contributed by atoms with E-state index in [1.165, 1.54) is 31.5 Å². The van der Waals surface area contributed by atoms with Crippen LogP contribution in [0.1, 0.15) is 51.0 Å². The Kier molecular flexibility index (Phi) is 9.85. The van der Waals surface area contributed by atoms with E-state index in [0.29, 0.717) is 6.04 Å². The number of piperidine rings is 1. The number of anilines is 1. The Morgan fingerprint density at radius 3 is 2.50 bits per heavy atom. The Labute approximate surface area is 210 Å². The molecule has 4 rings (SSSR count). The molecular weight excluding hydrogens is 515 g/mol. The summed E-state index contributed by atoms with van der Waals surface area (Å²) in [6.45, 7) is 12.2. The first-order valence-electron chi connectivity index (χ1n) is 12.2. The van der Waals surface area contributed by atoms with E-state index in [4.69, 9.17) is 9.73 Å². The van der Waals surface area contributed by atoms with E-state index in [1.807, 2.05) is 6.20 Å². The summed E-state index contributed by atoms with van der Waals surface area (Å²) < 4.78 is 5.70. The predicted molar refractivity (Wildman–Crippen MR) is 142 cm³/mol. The lowest BCUT2D eigenvalue weighted by Crippen LogP contribution is -2.54. The van der Waals surface area contributed by atoms with Crippen LogP contribution < -0.4 is 15.5 Å². The number of hydrogen-bond donors (Lipinski definition) is 2. The second-order valence-corrected chi connectivity index (χ2v) is 9.33. The molecular formula is C24H41IN6O. The molecule has 32 heavy (non-hydrogen) atoms. The lowest BCUT2D eigenvalue weighted by atomic mass is 9.88. The van der Waals surface area contributed by atoms with Crippen molar-refractivity contribution in [3.63, 3.8) is 0 Å². The maximum atomic E-state index is 5.70. The van der Waals surface area contributed by atoms with Crippen molar-refractivity contribution in [3.8, 4) is 0 Å². The molecule has 0 amide bonds. The van der Waals surface area contributed by atoms with E-state index in [9.17, 15) is 0 Å². The number of pyridine rings is 1. The van der Waals surface area contributed by atoms with Gasteiger partial charge in [-0.3, -0.25) is 9.89 Å². The third-order valence-corrected chi connectivity index (χ3v) is 7.13. The number of likely N-dealkylation sites (tertiary alicyclic amines) is 1. The average Bonchev–Trinajstić information content (AvgIpc) is 3.35. The molecule has 3 aliphatic rings. The maximum absolute atomic E-state index is 5.70. The van der Waals surface area contributed by atoms with E-state index >= 15 is 0 Å². The molecule has 1 aromatic rings. The van der Waals surface area contributed by atoms with Crippen LogP contribution in [0.15, 0.2) is 23.3 Å². The van der Waals surface area contributed by atoms with Crippen LogP contribution in [0.2, 0.25) is 0 Å². The lowest BCUT2D eigenvalue weighted by Gasteiger charge is -2.43. The van der Waals surface area contributed by atoms with Crippen LogP contribution in [0.3, 0.4) is 0 Å². The highest BCUT2D eigenvalue weighted by Crippen LogP contribution is 2.31. The number of guanidine groups is 1. The van der Waals surface area contributed by atoms with Gasteiger partial charge in [-0.2, -0.15) is 0 Å². The second-order valence-electron chi connectivity index (χ2n) is 9.33. The van der Waals surface area contributed by atoms with E-state index in [0.717, 1.165) is 76.9 Å². The standard InChI is InChI=1S/C24H40N6O.HI/c1-3-25-23(27-19-24(10-16-31-17-11-24)30-12-4-5-13-30)28-21-8-14-29(15-9-21)22-7-6-20(2)18-26-22;/h6-7,18,21H,3-5,8-17,19H2,1-2H3,(H2,25,27,28);1H. The van der Waals surface area contributed by atoms with Gasteiger partial charge in [-0.1, -0.05) is 6.07 Å². The van der Waals surface area contributed by atoms with Gasteiger partial charge in [-0.15, -0.1) is 24.0 Å². The summed E-state index contributed by atoms with van der Waals surface area (Å²) >= 11 is 0. The fourth-order valence-electron chi connectivity index (χ4n) is 5.16. The number of hydrogen-bond acceptors (Lipinski definition) is 5. The van der Waals surface area contributed by atoms with Crippen molar-refractivity contribution in [2.24, 2.45) is 4.99 Å². The summed E-state index contributed by atoms with van der Waals surface area (Å²) in [6, 6.07) is 4.74. The molecule has 0 unspecified atom stereocenters. The first-order valence-corrected chi connectivity index (χ1v) is 12.2. The molecule has 4 heterocycles. The number of aliphatic imine (C=N–C) groups is 1. The monoisotopic (exact) mass is 556 g/mol. The SMILES string of the molecule is CCNC(=NCC1(N2CCCC2)CCOCC1)NC1CCN(c2ccc(C)cn2)CC1.I. The van der Waals surface area contributed by atoms with Crippen LogP contribution in [0.4, 0.5) is 5.82 Å². The molecule has 1 aromatic heterocycles. The molecule has 180 valence electrons. The maximum Gasteiger partial charge on any atom is 0.191 e. The van der Waals surface area contributed by atoms with Crippen LogP contribution in [0, 0.1) is 6.92 Å². The molecule has 8 heteroatoms. The zero-order chi connectivity index (χ0) is 21.5. The lowest BCUT2D eigenvalue weighted by molar-refractivity contribution is -0.0139. The van der Waals surface area contributed by atoms with Crippen LogP contribution in [-0.2, 0) is 4.74 Å². The van der Waals surface area contributed by atoms with Crippen molar-refractivity contribution in [1.29, 1.82) is 0 Å². The van der Waals surface area contributed by atoms with Gasteiger partial charge in [0.05, 0.1) is 6.54 Å². The van der Waals surface area contributed by atoms with Gasteiger partial charge in [-0.05, 0) is 77.1 Å². The number of aryl methyl sites for hydroxylation is 1. The highest BCUT2D eigenvalue weighted by Gasteiger charge is 2.39. The molecule has 3 aliphatic heterocycles. The normalized spacial score (nSPS) is 22.4. The number of aromatic nitrogens is 1. The minimum atomic E-state index is 0. The number of rotatable bonds is 6. The Morgan fingerprint density at radius 1 is 1.16 bits per heavy atom. The van der Waals surface area contributed by atoms with E-state index in [1.54, 1.807) is 0 Å². The minimum Gasteiger partial charge on any atom is -0.381 e. The molecule has 3 fully saturated rings. The zero-order valence-electron chi connectivity index (χ0n) is 19.8. The largest absolute Gasteiger partial charge is 0.381 e. The third-order valence-electron chi connectivity index (χ3n) is 7.13. The number of halogens is 1. The summed E-state index contributed by atoms with van der Waals surface area (Å²) in [5.41, 5.74) is 1.39. The smallest absolute Gasteiger partial charge is 0.191 e. The highest BCUT2D eigenvalue weighted by molar-refractivity contribution is 14.0. The molecule has 0 aromatic carbocycles. The van der Waals surface area contributed by atoms with E-state index in [-0.39, 0.29) is 29.5 Å².